The molecule has 1 amide bonds. The van der Waals surface area contributed by atoms with Gasteiger partial charge in [-0.25, -0.2) is 0 Å². The summed E-state index contributed by atoms with van der Waals surface area (Å²) in [5.41, 5.74) is 1.08. The molecule has 0 saturated carbocycles. The van der Waals surface area contributed by atoms with Crippen LogP contribution >= 0.6 is 11.6 Å². The first kappa shape index (κ1) is 13.3. The van der Waals surface area contributed by atoms with Gasteiger partial charge in [-0.1, -0.05) is 11.6 Å². The van der Waals surface area contributed by atoms with E-state index >= 15 is 0 Å². The van der Waals surface area contributed by atoms with Crippen LogP contribution in [0.3, 0.4) is 0 Å². The van der Waals surface area contributed by atoms with Gasteiger partial charge in [0.05, 0.1) is 10.7 Å². The summed E-state index contributed by atoms with van der Waals surface area (Å²) in [6, 6.07) is 4.11. The van der Waals surface area contributed by atoms with Crippen LogP contribution in [0, 0.1) is 0 Å². The number of carbonyl (C=O) groups excluding carboxylic acids is 1. The number of benzene rings is 1. The molecule has 0 aliphatic carbocycles. The van der Waals surface area contributed by atoms with Crippen molar-refractivity contribution in [3.05, 3.63) is 23.2 Å². The van der Waals surface area contributed by atoms with E-state index in [0.717, 1.165) is 0 Å². The number of carbonyl (C=O) groups is 2. The van der Waals surface area contributed by atoms with Gasteiger partial charge in [-0.05, 0) is 25.1 Å². The molecule has 0 aliphatic rings. The Balaban J connectivity index is 2.81. The molecule has 6 heteroatoms. The lowest BCUT2D eigenvalue weighted by molar-refractivity contribution is -0.137. The van der Waals surface area contributed by atoms with Crippen LogP contribution in [-0.2, 0) is 9.59 Å². The third-order valence-corrected chi connectivity index (χ3v) is 2.35. The molecular formula is C11H13ClN2O3. The lowest BCUT2D eigenvalue weighted by atomic mass is 10.2. The standard InChI is InChI=1S/C11H13ClN2O3/c1-6(11(16)17)13-8-3-4-10(9(12)5-8)14-7(2)15/h3-6,13H,1-2H3,(H,14,15)(H,16,17). The Morgan fingerprint density at radius 2 is 2.06 bits per heavy atom. The van der Waals surface area contributed by atoms with Gasteiger partial charge in [0, 0.05) is 12.6 Å². The molecule has 1 unspecified atom stereocenters. The molecule has 0 bridgehead atoms. The number of nitrogens with one attached hydrogen (secondary N) is 2. The Morgan fingerprint density at radius 1 is 1.41 bits per heavy atom. The highest BCUT2D eigenvalue weighted by molar-refractivity contribution is 6.34. The zero-order chi connectivity index (χ0) is 13.0. The number of halogens is 1. The SMILES string of the molecule is CC(=O)Nc1ccc(NC(C)C(=O)O)cc1Cl. The summed E-state index contributed by atoms with van der Waals surface area (Å²) in [5, 5.41) is 14.4. The van der Waals surface area contributed by atoms with Gasteiger partial charge in [-0.15, -0.1) is 0 Å². The van der Waals surface area contributed by atoms with E-state index in [2.05, 4.69) is 10.6 Å². The highest BCUT2D eigenvalue weighted by Crippen LogP contribution is 2.25. The molecule has 0 aliphatic heterocycles. The number of aliphatic carboxylic acids is 1. The van der Waals surface area contributed by atoms with Crippen LogP contribution in [0.5, 0.6) is 0 Å². The number of carboxylic acid groups (broad SMARTS) is 1. The quantitative estimate of drug-likeness (QED) is 0.772. The Morgan fingerprint density at radius 3 is 2.53 bits per heavy atom. The van der Waals surface area contributed by atoms with Crippen molar-refractivity contribution < 1.29 is 14.7 Å². The second-order valence-electron chi connectivity index (χ2n) is 3.58. The van der Waals surface area contributed by atoms with Gasteiger partial charge < -0.3 is 15.7 Å². The predicted octanol–water partition coefficient (Wildman–Crippen LogP) is 2.18. The van der Waals surface area contributed by atoms with E-state index < -0.39 is 12.0 Å². The minimum Gasteiger partial charge on any atom is -0.480 e. The molecule has 0 heterocycles. The van der Waals surface area contributed by atoms with Gasteiger partial charge in [0.1, 0.15) is 6.04 Å². The molecule has 5 nitrogen and oxygen atoms in total. The summed E-state index contributed by atoms with van der Waals surface area (Å²) in [6.07, 6.45) is 0. The Bertz CT molecular complexity index is 448. The van der Waals surface area contributed by atoms with E-state index in [9.17, 15) is 9.59 Å². The maximum Gasteiger partial charge on any atom is 0.325 e. The average molecular weight is 257 g/mol. The van der Waals surface area contributed by atoms with Crippen molar-refractivity contribution in [1.82, 2.24) is 0 Å². The fourth-order valence-electron chi connectivity index (χ4n) is 1.21. The van der Waals surface area contributed by atoms with Crippen LogP contribution in [0.4, 0.5) is 11.4 Å². The van der Waals surface area contributed by atoms with Crippen molar-refractivity contribution in [2.24, 2.45) is 0 Å². The molecule has 1 aromatic carbocycles. The summed E-state index contributed by atoms with van der Waals surface area (Å²) in [6.45, 7) is 2.91. The van der Waals surface area contributed by atoms with Gasteiger partial charge in [-0.2, -0.15) is 0 Å². The molecule has 1 rings (SSSR count). The molecule has 0 radical (unpaired) electrons. The van der Waals surface area contributed by atoms with Crippen molar-refractivity contribution in [1.29, 1.82) is 0 Å². The van der Waals surface area contributed by atoms with Gasteiger partial charge in [0.15, 0.2) is 0 Å². The molecule has 0 spiro atoms. The minimum atomic E-state index is -0.952. The third-order valence-electron chi connectivity index (χ3n) is 2.03. The Hall–Kier alpha value is -1.75. The fourth-order valence-corrected chi connectivity index (χ4v) is 1.44. The van der Waals surface area contributed by atoms with Gasteiger partial charge in [0.25, 0.3) is 0 Å². The van der Waals surface area contributed by atoms with Crippen molar-refractivity contribution in [3.8, 4) is 0 Å². The maximum absolute atomic E-state index is 10.9. The monoisotopic (exact) mass is 256 g/mol. The van der Waals surface area contributed by atoms with Crippen molar-refractivity contribution in [3.63, 3.8) is 0 Å². The third kappa shape index (κ3) is 3.96. The van der Waals surface area contributed by atoms with Crippen molar-refractivity contribution >= 4 is 34.9 Å². The van der Waals surface area contributed by atoms with Gasteiger partial charge in [0.2, 0.25) is 5.91 Å². The highest BCUT2D eigenvalue weighted by Gasteiger charge is 2.11. The van der Waals surface area contributed by atoms with Crippen LogP contribution in [0.25, 0.3) is 0 Å². The minimum absolute atomic E-state index is 0.216. The smallest absolute Gasteiger partial charge is 0.325 e. The number of hydrogen-bond acceptors (Lipinski definition) is 3. The van der Waals surface area contributed by atoms with Gasteiger partial charge in [-0.3, -0.25) is 9.59 Å². The van der Waals surface area contributed by atoms with Crippen LogP contribution in [0.15, 0.2) is 18.2 Å². The lowest BCUT2D eigenvalue weighted by Gasteiger charge is -2.12. The number of carboxylic acids is 1. The second-order valence-corrected chi connectivity index (χ2v) is 3.99. The summed E-state index contributed by atoms with van der Waals surface area (Å²) in [7, 11) is 0. The van der Waals surface area contributed by atoms with E-state index in [-0.39, 0.29) is 5.91 Å². The van der Waals surface area contributed by atoms with E-state index in [0.29, 0.717) is 16.4 Å². The first-order valence-corrected chi connectivity index (χ1v) is 5.34. The van der Waals surface area contributed by atoms with Crippen LogP contribution < -0.4 is 10.6 Å². The Kier molecular flexibility index (Phi) is 4.34. The molecule has 92 valence electrons. The van der Waals surface area contributed by atoms with Crippen LogP contribution in [0.1, 0.15) is 13.8 Å². The number of amides is 1. The number of anilines is 2. The zero-order valence-electron chi connectivity index (χ0n) is 9.45. The number of hydrogen-bond donors (Lipinski definition) is 3. The maximum atomic E-state index is 10.9. The molecule has 0 aromatic heterocycles. The van der Waals surface area contributed by atoms with E-state index in [1.54, 1.807) is 18.2 Å². The largest absolute Gasteiger partial charge is 0.480 e. The van der Waals surface area contributed by atoms with Crippen molar-refractivity contribution in [2.75, 3.05) is 10.6 Å². The highest BCUT2D eigenvalue weighted by atomic mass is 35.5. The topological polar surface area (TPSA) is 78.4 Å². The number of rotatable bonds is 4. The zero-order valence-corrected chi connectivity index (χ0v) is 10.2. The van der Waals surface area contributed by atoms with Crippen molar-refractivity contribution in [2.45, 2.75) is 19.9 Å². The Labute approximate surface area is 104 Å². The summed E-state index contributed by atoms with van der Waals surface area (Å²) in [4.78, 5) is 21.5. The average Bonchev–Trinajstić information content (AvgIpc) is 2.21. The van der Waals surface area contributed by atoms with E-state index in [1.165, 1.54) is 13.8 Å². The molecule has 0 fully saturated rings. The molecular weight excluding hydrogens is 244 g/mol. The fraction of sp³-hybridized carbons (Fsp3) is 0.273. The molecule has 3 N–H and O–H groups in total. The summed E-state index contributed by atoms with van der Waals surface area (Å²) < 4.78 is 0. The molecule has 0 saturated heterocycles. The molecule has 1 atom stereocenters. The van der Waals surface area contributed by atoms with Crippen LogP contribution in [0.2, 0.25) is 5.02 Å². The molecule has 17 heavy (non-hydrogen) atoms. The summed E-state index contributed by atoms with van der Waals surface area (Å²) >= 11 is 5.93. The van der Waals surface area contributed by atoms with E-state index in [4.69, 9.17) is 16.7 Å². The molecule has 1 aromatic rings. The van der Waals surface area contributed by atoms with Gasteiger partial charge >= 0.3 is 5.97 Å². The normalized spacial score (nSPS) is 11.7. The van der Waals surface area contributed by atoms with E-state index in [1.807, 2.05) is 0 Å². The first-order chi connectivity index (χ1) is 7.90. The first-order valence-electron chi connectivity index (χ1n) is 4.96. The predicted molar refractivity (Wildman–Crippen MR) is 66.5 cm³/mol. The summed E-state index contributed by atoms with van der Waals surface area (Å²) in [5.74, 6) is -1.17. The lowest BCUT2D eigenvalue weighted by Crippen LogP contribution is -2.25. The van der Waals surface area contributed by atoms with Crippen LogP contribution in [-0.4, -0.2) is 23.0 Å². The second kappa shape index (κ2) is 5.54.